The van der Waals surface area contributed by atoms with E-state index in [4.69, 9.17) is 4.89 Å². The van der Waals surface area contributed by atoms with E-state index in [-0.39, 0.29) is 0 Å². The molecule has 2 rings (SSSR count). The number of rotatable bonds is 1. The molecule has 0 amide bonds. The van der Waals surface area contributed by atoms with Crippen LogP contribution in [0.15, 0.2) is 0 Å². The van der Waals surface area contributed by atoms with Crippen molar-refractivity contribution in [2.75, 3.05) is 0 Å². The highest BCUT2D eigenvalue weighted by molar-refractivity contribution is 7.51. The first kappa shape index (κ1) is 8.24. The van der Waals surface area contributed by atoms with Crippen molar-refractivity contribution in [2.24, 2.45) is 0 Å². The Morgan fingerprint density at radius 1 is 1.55 bits per heavy atom. The lowest BCUT2D eigenvalue weighted by molar-refractivity contribution is -0.472. The van der Waals surface area contributed by atoms with E-state index in [9.17, 15) is 4.57 Å². The lowest BCUT2D eigenvalue weighted by Crippen LogP contribution is -2.51. The van der Waals surface area contributed by atoms with Gasteiger partial charge in [0, 0.05) is 0 Å². The van der Waals surface area contributed by atoms with E-state index in [2.05, 4.69) is 32.8 Å². The van der Waals surface area contributed by atoms with Crippen molar-refractivity contribution in [3.8, 4) is 0 Å². The molecule has 0 saturated carbocycles. The Balaban J connectivity index is 1.93. The van der Waals surface area contributed by atoms with Gasteiger partial charge in [0.1, 0.15) is 0 Å². The predicted octanol–water partition coefficient (Wildman–Crippen LogP) is 0.119. The molecule has 3 radical (unpaired) electrons. The zero-order chi connectivity index (χ0) is 8.11. The molecule has 2 heterocycles. The van der Waals surface area contributed by atoms with Crippen LogP contribution < -0.4 is 0 Å². The lowest BCUT2D eigenvalue weighted by atomic mass is 11.2. The second-order valence-electron chi connectivity index (χ2n) is 1.64. The SMILES string of the molecule is O=P1(O[Si])OC2(OP(O)O2)O1. The van der Waals surface area contributed by atoms with Gasteiger partial charge in [-0.1, -0.05) is 0 Å². The van der Waals surface area contributed by atoms with Crippen molar-refractivity contribution >= 4 is 26.9 Å². The molecule has 61 valence electrons. The van der Waals surface area contributed by atoms with Gasteiger partial charge in [-0.05, 0) is 0 Å². The van der Waals surface area contributed by atoms with Crippen molar-refractivity contribution in [3.05, 3.63) is 0 Å². The zero-order valence-electron chi connectivity index (χ0n) is 4.79. The van der Waals surface area contributed by atoms with Gasteiger partial charge in [-0.3, -0.25) is 0 Å². The molecule has 0 aliphatic carbocycles. The molecule has 0 aromatic heterocycles. The summed E-state index contributed by atoms with van der Waals surface area (Å²) in [6.45, 7) is 0. The molecule has 0 atom stereocenters. The topological polar surface area (TPSA) is 83.5 Å². The normalized spacial score (nSPS) is 55.3. The van der Waals surface area contributed by atoms with Gasteiger partial charge in [-0.15, -0.1) is 0 Å². The highest BCUT2D eigenvalue weighted by Gasteiger charge is 2.69. The van der Waals surface area contributed by atoms with Gasteiger partial charge in [-0.25, -0.2) is 22.7 Å². The Labute approximate surface area is 65.7 Å². The molecule has 0 aromatic carbocycles. The van der Waals surface area contributed by atoms with Crippen molar-refractivity contribution in [1.82, 2.24) is 0 Å². The molecule has 2 saturated heterocycles. The molecule has 10 heteroatoms. The monoisotopic (exact) mass is 215 g/mol. The summed E-state index contributed by atoms with van der Waals surface area (Å²) in [4.78, 5) is 8.51. The predicted molar refractivity (Wildman–Crippen MR) is 30.7 cm³/mol. The van der Waals surface area contributed by atoms with Crippen LogP contribution in [0.25, 0.3) is 0 Å². The first-order chi connectivity index (χ1) is 5.08. The molecule has 1 N–H and O–H groups in total. The van der Waals surface area contributed by atoms with Gasteiger partial charge in [0.15, 0.2) is 0 Å². The van der Waals surface area contributed by atoms with E-state index in [1.54, 1.807) is 0 Å². The van der Waals surface area contributed by atoms with E-state index >= 15 is 0 Å². The maximum Gasteiger partial charge on any atom is 0.476 e. The molecule has 2 aliphatic rings. The van der Waals surface area contributed by atoms with E-state index in [0.29, 0.717) is 0 Å². The third kappa shape index (κ3) is 1.21. The van der Waals surface area contributed by atoms with Crippen molar-refractivity contribution in [2.45, 2.75) is 6.16 Å². The average molecular weight is 215 g/mol. The van der Waals surface area contributed by atoms with Crippen LogP contribution in [0, 0.1) is 0 Å². The van der Waals surface area contributed by atoms with Crippen molar-refractivity contribution in [1.29, 1.82) is 0 Å². The maximum atomic E-state index is 10.8. The van der Waals surface area contributed by atoms with Crippen LogP contribution in [0.2, 0.25) is 0 Å². The van der Waals surface area contributed by atoms with Crippen molar-refractivity contribution < 1.29 is 31.8 Å². The summed E-state index contributed by atoms with van der Waals surface area (Å²) in [5, 5.41) is 0. The average Bonchev–Trinajstić information content (AvgIpc) is 1.81. The molecule has 1 spiro atoms. The van der Waals surface area contributed by atoms with Gasteiger partial charge in [0.2, 0.25) is 0 Å². The number of hydrogen-bond acceptors (Lipinski definition) is 7. The van der Waals surface area contributed by atoms with E-state index in [0.717, 1.165) is 0 Å². The summed E-state index contributed by atoms with van der Waals surface area (Å²) in [5.41, 5.74) is 0. The van der Waals surface area contributed by atoms with Crippen LogP contribution in [0.4, 0.5) is 0 Å². The van der Waals surface area contributed by atoms with Crippen molar-refractivity contribution in [3.63, 3.8) is 0 Å². The summed E-state index contributed by atoms with van der Waals surface area (Å²) >= 11 is 0. The second-order valence-corrected chi connectivity index (χ2v) is 4.47. The van der Waals surface area contributed by atoms with E-state index < -0.39 is 22.6 Å². The van der Waals surface area contributed by atoms with Gasteiger partial charge in [-0.2, -0.15) is 0 Å². The maximum absolute atomic E-state index is 10.8. The molecule has 7 nitrogen and oxygen atoms in total. The molecule has 2 fully saturated rings. The number of phosphoric acid groups is 1. The summed E-state index contributed by atoms with van der Waals surface area (Å²) in [6, 6.07) is 0. The summed E-state index contributed by atoms with van der Waals surface area (Å²) < 4.78 is 32.7. The van der Waals surface area contributed by atoms with Gasteiger partial charge in [0.05, 0.1) is 0 Å². The Kier molecular flexibility index (Phi) is 1.74. The van der Waals surface area contributed by atoms with E-state index in [1.165, 1.54) is 0 Å². The first-order valence-electron chi connectivity index (χ1n) is 2.32. The van der Waals surface area contributed by atoms with Crippen LogP contribution in [0.1, 0.15) is 0 Å². The number of phosphoric ester groups is 1. The molecular weight excluding hydrogens is 214 g/mol. The highest BCUT2D eigenvalue weighted by Crippen LogP contribution is 2.74. The molecule has 0 aromatic rings. The van der Waals surface area contributed by atoms with Crippen LogP contribution in [0.5, 0.6) is 0 Å². The van der Waals surface area contributed by atoms with E-state index in [1.807, 2.05) is 0 Å². The van der Waals surface area contributed by atoms with Crippen LogP contribution >= 0.6 is 16.4 Å². The minimum Gasteiger partial charge on any atom is -0.332 e. The summed E-state index contributed by atoms with van der Waals surface area (Å²) in [5.74, 6) is 0. The zero-order valence-corrected chi connectivity index (χ0v) is 7.58. The van der Waals surface area contributed by atoms with Gasteiger partial charge in [0.25, 0.3) is 10.5 Å². The van der Waals surface area contributed by atoms with Crippen LogP contribution in [-0.4, -0.2) is 21.5 Å². The van der Waals surface area contributed by atoms with Gasteiger partial charge >= 0.3 is 22.6 Å². The van der Waals surface area contributed by atoms with Crippen LogP contribution in [0.3, 0.4) is 0 Å². The summed E-state index contributed by atoms with van der Waals surface area (Å²) in [7, 11) is -3.01. The standard InChI is InChI=1S/CHO7P2Si/c2-9-4-1(5-9)6-10(3,7-1)8-11/h2H. The number of hydrogen-bond donors (Lipinski definition) is 1. The highest BCUT2D eigenvalue weighted by atomic mass is 31.2. The lowest BCUT2D eigenvalue weighted by Gasteiger charge is -2.47. The Morgan fingerprint density at radius 3 is 2.45 bits per heavy atom. The first-order valence-corrected chi connectivity index (χ1v) is 5.32. The molecule has 0 bridgehead atoms. The fourth-order valence-electron chi connectivity index (χ4n) is 0.583. The minimum absolute atomic E-state index is 1.79. The molecule has 0 unspecified atom stereocenters. The minimum atomic E-state index is -3.52. The molecule has 2 aliphatic heterocycles. The fourth-order valence-corrected chi connectivity index (χ4v) is 2.37. The largest absolute Gasteiger partial charge is 0.476 e. The Morgan fingerprint density at radius 2 is 2.09 bits per heavy atom. The Bertz CT molecular complexity index is 210. The third-order valence-corrected chi connectivity index (χ3v) is 3.49. The molecular formula is CHO7P2Si. The van der Waals surface area contributed by atoms with Gasteiger partial charge < -0.3 is 9.11 Å². The quantitative estimate of drug-likeness (QED) is 0.491. The molecule has 11 heavy (non-hydrogen) atoms. The Hall–Kier alpha value is 0.637. The second kappa shape index (κ2) is 2.32. The van der Waals surface area contributed by atoms with Crippen LogP contribution in [-0.2, 0) is 26.9 Å². The smallest absolute Gasteiger partial charge is 0.332 e. The fraction of sp³-hybridized carbons (Fsp3) is 1.00. The summed E-state index contributed by atoms with van der Waals surface area (Å²) in [6.07, 6.45) is -1.79. The third-order valence-electron chi connectivity index (χ3n) is 0.939.